The van der Waals surface area contributed by atoms with E-state index in [1.807, 2.05) is 47.4 Å². The second kappa shape index (κ2) is 15.0. The lowest BCUT2D eigenvalue weighted by atomic mass is 9.83. The Balaban J connectivity index is 1.60. The highest BCUT2D eigenvalue weighted by Gasteiger charge is 2.38. The number of phenolic OH excluding ortho intramolecular Hbond substituents is 1. The molecule has 1 unspecified atom stereocenters. The van der Waals surface area contributed by atoms with E-state index in [1.54, 1.807) is 80.6 Å². The lowest BCUT2D eigenvalue weighted by Gasteiger charge is -2.40. The molecule has 0 fully saturated rings. The van der Waals surface area contributed by atoms with Gasteiger partial charge in [0.1, 0.15) is 23.1 Å². The van der Waals surface area contributed by atoms with Crippen molar-refractivity contribution in [2.24, 2.45) is 0 Å². The zero-order valence-electron chi connectivity index (χ0n) is 31.4. The molecule has 2 amide bonds. The largest absolute Gasteiger partial charge is 0.508 e. The lowest BCUT2D eigenvalue weighted by Crippen LogP contribution is -2.53. The van der Waals surface area contributed by atoms with Crippen LogP contribution < -0.4 is 29.0 Å². The molecule has 6 rings (SSSR count). The fourth-order valence-corrected chi connectivity index (χ4v) is 7.07. The van der Waals surface area contributed by atoms with Crippen molar-refractivity contribution < 1.29 is 43.1 Å². The quantitative estimate of drug-likeness (QED) is 0.142. The van der Waals surface area contributed by atoms with Crippen LogP contribution in [0.2, 0.25) is 0 Å². The zero-order valence-corrected chi connectivity index (χ0v) is 31.4. The van der Waals surface area contributed by atoms with Crippen molar-refractivity contribution in [3.8, 4) is 34.5 Å². The Bertz CT molecular complexity index is 2160. The van der Waals surface area contributed by atoms with Gasteiger partial charge in [0.2, 0.25) is 5.91 Å². The molecule has 1 aliphatic heterocycles. The van der Waals surface area contributed by atoms with Gasteiger partial charge in [0.25, 0.3) is 0 Å². The van der Waals surface area contributed by atoms with Gasteiger partial charge >= 0.3 is 6.09 Å². The summed E-state index contributed by atoms with van der Waals surface area (Å²) in [5, 5.41) is 16.4. The van der Waals surface area contributed by atoms with Crippen LogP contribution in [0.3, 0.4) is 0 Å². The van der Waals surface area contributed by atoms with Gasteiger partial charge in [-0.3, -0.25) is 4.79 Å². The van der Waals surface area contributed by atoms with Crippen molar-refractivity contribution in [3.63, 3.8) is 0 Å². The summed E-state index contributed by atoms with van der Waals surface area (Å²) in [6.07, 6.45) is -0.0308. The summed E-state index contributed by atoms with van der Waals surface area (Å²) in [4.78, 5) is 30.3. The number of rotatable bonds is 10. The Hall–Kier alpha value is -5.84. The molecule has 2 atom stereocenters. The zero-order chi connectivity index (χ0) is 38.0. The fourth-order valence-electron chi connectivity index (χ4n) is 7.07. The third-order valence-corrected chi connectivity index (χ3v) is 9.51. The topological polar surface area (TPSA) is 125 Å². The fraction of sp³-hybridized carbons (Fsp3) is 0.333. The van der Waals surface area contributed by atoms with Crippen molar-refractivity contribution in [2.75, 3.05) is 42.1 Å². The Morgan fingerprint density at radius 2 is 1.38 bits per heavy atom. The van der Waals surface area contributed by atoms with Crippen molar-refractivity contribution in [1.82, 2.24) is 10.2 Å². The molecule has 5 aromatic rings. The Morgan fingerprint density at radius 1 is 0.755 bits per heavy atom. The van der Waals surface area contributed by atoms with Gasteiger partial charge in [-0.05, 0) is 126 Å². The molecule has 0 spiro atoms. The first kappa shape index (κ1) is 36.9. The molecule has 0 aromatic heterocycles. The van der Waals surface area contributed by atoms with E-state index in [0.717, 1.165) is 43.8 Å². The second-order valence-electron chi connectivity index (χ2n) is 14.0. The number of methoxy groups -OCH3 is 5. The van der Waals surface area contributed by atoms with Crippen LogP contribution in [0.4, 0.5) is 4.79 Å². The highest BCUT2D eigenvalue weighted by molar-refractivity contribution is 6.11. The van der Waals surface area contributed by atoms with E-state index in [0.29, 0.717) is 41.7 Å². The molecule has 11 heteroatoms. The number of aromatic hydroxyl groups is 1. The molecule has 53 heavy (non-hydrogen) atoms. The number of hydrogen-bond acceptors (Lipinski definition) is 9. The third kappa shape index (κ3) is 7.55. The average Bonchev–Trinajstić information content (AvgIpc) is 3.15. The van der Waals surface area contributed by atoms with E-state index in [2.05, 4.69) is 11.4 Å². The number of nitrogens with zero attached hydrogens (tertiary/aromatic N) is 1. The molecule has 1 heterocycles. The maximum atomic E-state index is 15.1. The number of fused-ring (bicyclic) bond motifs is 4. The maximum Gasteiger partial charge on any atom is 0.408 e. The van der Waals surface area contributed by atoms with Crippen LogP contribution in [0.1, 0.15) is 49.1 Å². The molecular formula is C42H46N2O9. The van der Waals surface area contributed by atoms with Gasteiger partial charge in [0.15, 0.2) is 23.0 Å². The van der Waals surface area contributed by atoms with Crippen LogP contribution in [0, 0.1) is 0 Å². The van der Waals surface area contributed by atoms with Crippen LogP contribution in [0.15, 0.2) is 72.8 Å². The van der Waals surface area contributed by atoms with E-state index < -0.39 is 23.8 Å². The number of hydrogen-bond donors (Lipinski definition) is 2. The van der Waals surface area contributed by atoms with E-state index in [1.165, 1.54) is 0 Å². The van der Waals surface area contributed by atoms with Crippen LogP contribution in [-0.4, -0.2) is 75.7 Å². The average molecular weight is 723 g/mol. The highest BCUT2D eigenvalue weighted by atomic mass is 16.6. The lowest BCUT2D eigenvalue weighted by molar-refractivity contribution is -0.135. The van der Waals surface area contributed by atoms with Gasteiger partial charge in [0, 0.05) is 13.0 Å². The van der Waals surface area contributed by atoms with Crippen molar-refractivity contribution >= 4 is 33.5 Å². The maximum absolute atomic E-state index is 15.1. The smallest absolute Gasteiger partial charge is 0.408 e. The summed E-state index contributed by atoms with van der Waals surface area (Å²) >= 11 is 0. The van der Waals surface area contributed by atoms with Gasteiger partial charge in [-0.2, -0.15) is 0 Å². The van der Waals surface area contributed by atoms with E-state index in [4.69, 9.17) is 28.4 Å². The van der Waals surface area contributed by atoms with Crippen molar-refractivity contribution in [2.45, 2.75) is 51.3 Å². The van der Waals surface area contributed by atoms with Gasteiger partial charge in [-0.1, -0.05) is 18.2 Å². The number of benzene rings is 5. The summed E-state index contributed by atoms with van der Waals surface area (Å²) in [5.74, 6) is 2.68. The minimum Gasteiger partial charge on any atom is -0.508 e. The normalized spacial score (nSPS) is 14.6. The minimum absolute atomic E-state index is 0.0988. The number of alkyl carbamates (subject to hydrolysis) is 1. The summed E-state index contributed by atoms with van der Waals surface area (Å²) < 4.78 is 34.3. The summed E-state index contributed by atoms with van der Waals surface area (Å²) in [7, 11) is 8.00. The van der Waals surface area contributed by atoms with Gasteiger partial charge in [-0.15, -0.1) is 0 Å². The Labute approximate surface area is 309 Å². The van der Waals surface area contributed by atoms with Crippen LogP contribution >= 0.6 is 0 Å². The predicted octanol–water partition coefficient (Wildman–Crippen LogP) is 7.35. The highest BCUT2D eigenvalue weighted by Crippen LogP contribution is 2.47. The van der Waals surface area contributed by atoms with Crippen molar-refractivity contribution in [3.05, 3.63) is 95.1 Å². The SMILES string of the molecule is COc1ccc2cc(C3c4cc(OC)c(OC)cc4CCN3C(=O)[C@H](Cc3ccc(O)cc3)NC(=O)OC(C)(C)C)c3cc(OC)c(OC)cc3c2c1. The number of carbonyl (C=O) groups excluding carboxylic acids is 2. The first-order valence-corrected chi connectivity index (χ1v) is 17.4. The summed E-state index contributed by atoms with van der Waals surface area (Å²) in [6, 6.07) is 20.7. The van der Waals surface area contributed by atoms with Crippen LogP contribution in [0.5, 0.6) is 34.5 Å². The minimum atomic E-state index is -1.01. The van der Waals surface area contributed by atoms with Gasteiger partial charge < -0.3 is 43.7 Å². The van der Waals surface area contributed by atoms with E-state index >= 15 is 4.79 Å². The molecule has 2 N–H and O–H groups in total. The predicted molar refractivity (Wildman–Crippen MR) is 203 cm³/mol. The monoisotopic (exact) mass is 722 g/mol. The molecule has 11 nitrogen and oxygen atoms in total. The Kier molecular flexibility index (Phi) is 10.5. The summed E-state index contributed by atoms with van der Waals surface area (Å²) in [6.45, 7) is 5.65. The molecule has 0 saturated carbocycles. The molecule has 0 radical (unpaired) electrons. The number of amides is 2. The summed E-state index contributed by atoms with van der Waals surface area (Å²) in [5.41, 5.74) is 2.65. The number of nitrogens with one attached hydrogen (secondary N) is 1. The van der Waals surface area contributed by atoms with E-state index in [9.17, 15) is 9.90 Å². The number of carbonyl (C=O) groups is 2. The molecule has 0 saturated heterocycles. The van der Waals surface area contributed by atoms with Crippen LogP contribution in [-0.2, 0) is 22.4 Å². The molecule has 278 valence electrons. The molecule has 1 aliphatic rings. The van der Waals surface area contributed by atoms with Crippen LogP contribution in [0.25, 0.3) is 21.5 Å². The van der Waals surface area contributed by atoms with E-state index in [-0.39, 0.29) is 18.1 Å². The molecular weight excluding hydrogens is 676 g/mol. The molecule has 0 aliphatic carbocycles. The number of phenols is 1. The van der Waals surface area contributed by atoms with Gasteiger partial charge in [-0.25, -0.2) is 4.79 Å². The first-order chi connectivity index (χ1) is 25.4. The standard InChI is InChI=1S/C42H46N2O9/c1-42(2,3)53-41(47)43-34(17-24-9-12-27(45)13-10-24)40(46)44-16-15-26-19-35(49-5)36(50-6)21-30(26)39(44)33-18-25-11-14-28(48-4)20-29(25)31-22-37(51-7)38(52-8)23-32(31)33/h9-14,18-23,34,39,45H,15-17H2,1-8H3,(H,43,47)/t34-,39?/m0/s1. The first-order valence-electron chi connectivity index (χ1n) is 17.4. The molecule has 0 bridgehead atoms. The van der Waals surface area contributed by atoms with Gasteiger partial charge in [0.05, 0.1) is 41.6 Å². The second-order valence-corrected chi connectivity index (χ2v) is 14.0. The number of ether oxygens (including phenoxy) is 6. The Morgan fingerprint density at radius 3 is 2.00 bits per heavy atom. The third-order valence-electron chi connectivity index (χ3n) is 9.51. The molecule has 5 aromatic carbocycles. The van der Waals surface area contributed by atoms with Crippen molar-refractivity contribution in [1.29, 1.82) is 0 Å².